The highest BCUT2D eigenvalue weighted by molar-refractivity contribution is 7.99. The van der Waals surface area contributed by atoms with Crippen LogP contribution in [0.4, 0.5) is 8.78 Å². The predicted molar refractivity (Wildman–Crippen MR) is 120 cm³/mol. The van der Waals surface area contributed by atoms with E-state index in [0.717, 1.165) is 44.2 Å². The summed E-state index contributed by atoms with van der Waals surface area (Å²) in [5.74, 6) is -1.40. The monoisotopic (exact) mass is 471 g/mol. The Morgan fingerprint density at radius 1 is 0.970 bits per heavy atom. The van der Waals surface area contributed by atoms with Gasteiger partial charge in [0.05, 0.1) is 11.3 Å². The van der Waals surface area contributed by atoms with E-state index in [9.17, 15) is 18.4 Å². The van der Waals surface area contributed by atoms with Crippen LogP contribution in [0.5, 0.6) is 0 Å². The molecule has 33 heavy (non-hydrogen) atoms. The average molecular weight is 472 g/mol. The summed E-state index contributed by atoms with van der Waals surface area (Å²) in [5, 5.41) is 9.01. The second-order valence-corrected chi connectivity index (χ2v) is 8.69. The Bertz CT molecular complexity index is 1130. The fourth-order valence-corrected chi connectivity index (χ4v) is 4.64. The molecular formula is C23H23F2N5O2S. The van der Waals surface area contributed by atoms with Crippen LogP contribution in [0, 0.1) is 11.6 Å². The molecule has 2 aromatic carbocycles. The van der Waals surface area contributed by atoms with Crippen molar-refractivity contribution in [1.29, 1.82) is 0 Å². The highest BCUT2D eigenvalue weighted by Gasteiger charge is 2.25. The first-order valence-electron chi connectivity index (χ1n) is 10.7. The molecule has 2 amide bonds. The van der Waals surface area contributed by atoms with Gasteiger partial charge in [0.25, 0.3) is 5.91 Å². The van der Waals surface area contributed by atoms with Crippen molar-refractivity contribution < 1.29 is 18.4 Å². The molecule has 2 N–H and O–H groups in total. The number of hydrogen-bond donors (Lipinski definition) is 2. The molecule has 0 saturated heterocycles. The van der Waals surface area contributed by atoms with Crippen molar-refractivity contribution in [2.24, 2.45) is 0 Å². The number of hydrogen-bond acceptors (Lipinski definition) is 5. The number of rotatable bonds is 6. The molecule has 4 rings (SSSR count). The largest absolute Gasteiger partial charge is 0.299 e. The van der Waals surface area contributed by atoms with Gasteiger partial charge in [0.2, 0.25) is 5.91 Å². The van der Waals surface area contributed by atoms with E-state index in [2.05, 4.69) is 21.0 Å². The number of nitrogens with one attached hydrogen (secondary N) is 2. The van der Waals surface area contributed by atoms with Gasteiger partial charge < -0.3 is 0 Å². The highest BCUT2D eigenvalue weighted by atomic mass is 32.2. The molecule has 3 aromatic rings. The van der Waals surface area contributed by atoms with Crippen LogP contribution in [0.15, 0.2) is 53.7 Å². The lowest BCUT2D eigenvalue weighted by Crippen LogP contribution is -2.42. The standard InChI is InChI=1S/C23H23F2N5O2S/c24-16-12-10-15(11-13-16)22(32)28-26-20(31)14-33-23-29-27-21(18-8-4-5-9-19(18)25)30(23)17-6-2-1-3-7-17/h4-5,8-13,17H,1-3,6-7,14H2,(H,26,31)(H,28,32). The van der Waals surface area contributed by atoms with Crippen molar-refractivity contribution in [2.75, 3.05) is 5.75 Å². The predicted octanol–water partition coefficient (Wildman–Crippen LogP) is 4.28. The molecule has 10 heteroatoms. The zero-order valence-electron chi connectivity index (χ0n) is 17.8. The first-order chi connectivity index (χ1) is 16.0. The molecular weight excluding hydrogens is 448 g/mol. The van der Waals surface area contributed by atoms with E-state index in [1.54, 1.807) is 18.2 Å². The molecule has 0 atom stereocenters. The van der Waals surface area contributed by atoms with Crippen LogP contribution in [0.2, 0.25) is 0 Å². The average Bonchev–Trinajstić information content (AvgIpc) is 3.26. The van der Waals surface area contributed by atoms with Crippen molar-refractivity contribution >= 4 is 23.6 Å². The van der Waals surface area contributed by atoms with Gasteiger partial charge in [-0.2, -0.15) is 0 Å². The summed E-state index contributed by atoms with van der Waals surface area (Å²) in [6, 6.07) is 11.5. The summed E-state index contributed by atoms with van der Waals surface area (Å²) in [6.45, 7) is 0. The molecule has 0 aliphatic heterocycles. The minimum absolute atomic E-state index is 0.0220. The number of carbonyl (C=O) groups excluding carboxylic acids is 2. The Balaban J connectivity index is 1.44. The van der Waals surface area contributed by atoms with Crippen molar-refractivity contribution in [2.45, 2.75) is 43.3 Å². The number of thioether (sulfide) groups is 1. The molecule has 1 fully saturated rings. The second kappa shape index (κ2) is 10.6. The molecule has 0 bridgehead atoms. The molecule has 1 aromatic heterocycles. The van der Waals surface area contributed by atoms with Crippen molar-refractivity contribution in [3.8, 4) is 11.4 Å². The quantitative estimate of drug-likeness (QED) is 0.414. The van der Waals surface area contributed by atoms with E-state index in [1.165, 1.54) is 30.0 Å². The normalized spacial score (nSPS) is 14.1. The Morgan fingerprint density at radius 3 is 2.42 bits per heavy atom. The molecule has 1 heterocycles. The van der Waals surface area contributed by atoms with E-state index >= 15 is 0 Å². The van der Waals surface area contributed by atoms with Crippen LogP contribution < -0.4 is 10.9 Å². The maximum Gasteiger partial charge on any atom is 0.269 e. The van der Waals surface area contributed by atoms with E-state index in [4.69, 9.17) is 0 Å². The molecule has 7 nitrogen and oxygen atoms in total. The highest BCUT2D eigenvalue weighted by Crippen LogP contribution is 2.36. The molecule has 1 aliphatic rings. The number of halogens is 2. The second-order valence-electron chi connectivity index (χ2n) is 7.75. The summed E-state index contributed by atoms with van der Waals surface area (Å²) in [5.41, 5.74) is 5.24. The number of benzene rings is 2. The minimum Gasteiger partial charge on any atom is -0.299 e. The Labute approximate surface area is 193 Å². The van der Waals surface area contributed by atoms with Gasteiger partial charge in [-0.1, -0.05) is 43.2 Å². The number of hydrazine groups is 1. The zero-order chi connectivity index (χ0) is 23.2. The van der Waals surface area contributed by atoms with E-state index in [0.29, 0.717) is 16.5 Å². The molecule has 1 aliphatic carbocycles. The number of nitrogens with zero attached hydrogens (tertiary/aromatic N) is 3. The molecule has 0 unspecified atom stereocenters. The summed E-state index contributed by atoms with van der Waals surface area (Å²) in [4.78, 5) is 24.4. The van der Waals surface area contributed by atoms with Crippen molar-refractivity contribution in [3.05, 3.63) is 65.7 Å². The first kappa shape index (κ1) is 22.9. The lowest BCUT2D eigenvalue weighted by atomic mass is 9.95. The number of amides is 2. The molecule has 172 valence electrons. The van der Waals surface area contributed by atoms with E-state index < -0.39 is 17.6 Å². The van der Waals surface area contributed by atoms with Crippen LogP contribution in [-0.2, 0) is 4.79 Å². The first-order valence-corrected chi connectivity index (χ1v) is 11.7. The number of aromatic nitrogens is 3. The third-order valence-corrected chi connectivity index (χ3v) is 6.42. The minimum atomic E-state index is -0.555. The third kappa shape index (κ3) is 5.57. The van der Waals surface area contributed by atoms with Gasteiger partial charge in [-0.25, -0.2) is 8.78 Å². The van der Waals surface area contributed by atoms with Crippen molar-refractivity contribution in [3.63, 3.8) is 0 Å². The van der Waals surface area contributed by atoms with Crippen LogP contribution in [0.3, 0.4) is 0 Å². The maximum atomic E-state index is 14.5. The van der Waals surface area contributed by atoms with Gasteiger partial charge in [0.15, 0.2) is 11.0 Å². The van der Waals surface area contributed by atoms with Gasteiger partial charge in [0, 0.05) is 11.6 Å². The van der Waals surface area contributed by atoms with E-state index in [-0.39, 0.29) is 23.2 Å². The Morgan fingerprint density at radius 2 is 1.70 bits per heavy atom. The summed E-state index contributed by atoms with van der Waals surface area (Å²) in [6.07, 6.45) is 5.17. The van der Waals surface area contributed by atoms with Crippen LogP contribution in [-0.4, -0.2) is 32.3 Å². The van der Waals surface area contributed by atoms with Crippen LogP contribution in [0.1, 0.15) is 48.5 Å². The van der Waals surface area contributed by atoms with Gasteiger partial charge in [-0.3, -0.25) is 25.0 Å². The van der Waals surface area contributed by atoms with E-state index in [1.807, 2.05) is 4.57 Å². The molecule has 0 spiro atoms. The van der Waals surface area contributed by atoms with Crippen LogP contribution in [0.25, 0.3) is 11.4 Å². The smallest absolute Gasteiger partial charge is 0.269 e. The third-order valence-electron chi connectivity index (χ3n) is 5.47. The van der Waals surface area contributed by atoms with Gasteiger partial charge in [-0.15, -0.1) is 10.2 Å². The Kier molecular flexibility index (Phi) is 7.33. The van der Waals surface area contributed by atoms with Gasteiger partial charge in [-0.05, 0) is 49.2 Å². The fraction of sp³-hybridized carbons (Fsp3) is 0.304. The zero-order valence-corrected chi connectivity index (χ0v) is 18.6. The molecule has 1 saturated carbocycles. The summed E-state index contributed by atoms with van der Waals surface area (Å²) < 4.78 is 29.4. The Hall–Kier alpha value is -3.27. The van der Waals surface area contributed by atoms with Gasteiger partial charge >= 0.3 is 0 Å². The number of carbonyl (C=O) groups is 2. The fourth-order valence-electron chi connectivity index (χ4n) is 3.84. The lowest BCUT2D eigenvalue weighted by Gasteiger charge is -2.25. The SMILES string of the molecule is O=C(CSc1nnc(-c2ccccc2F)n1C1CCCCC1)NNC(=O)c1ccc(F)cc1. The molecule has 0 radical (unpaired) electrons. The van der Waals surface area contributed by atoms with Crippen molar-refractivity contribution in [1.82, 2.24) is 25.6 Å². The topological polar surface area (TPSA) is 88.9 Å². The summed E-state index contributed by atoms with van der Waals surface area (Å²) in [7, 11) is 0. The van der Waals surface area contributed by atoms with Crippen LogP contribution >= 0.6 is 11.8 Å². The lowest BCUT2D eigenvalue weighted by molar-refractivity contribution is -0.119. The van der Waals surface area contributed by atoms with Gasteiger partial charge in [0.1, 0.15) is 11.6 Å². The maximum absolute atomic E-state index is 14.5. The summed E-state index contributed by atoms with van der Waals surface area (Å²) >= 11 is 1.17.